The number of amides is 1. The van der Waals surface area contributed by atoms with Crippen LogP contribution in [0.25, 0.3) is 0 Å². The predicted molar refractivity (Wildman–Crippen MR) is 54.0 cm³/mol. The standard InChI is InChI=1S/C10H9ClF3NO/c1-6(16)15-5-7-2-3-9(11)8(4-7)10(12,13)14/h2-4H,5H2,1H3,(H,15,16). The number of rotatable bonds is 2. The molecule has 1 N–H and O–H groups in total. The van der Waals surface area contributed by atoms with E-state index in [9.17, 15) is 18.0 Å². The van der Waals surface area contributed by atoms with Crippen LogP contribution in [-0.2, 0) is 17.5 Å². The Labute approximate surface area is 95.4 Å². The first-order valence-corrected chi connectivity index (χ1v) is 4.78. The lowest BCUT2D eigenvalue weighted by Gasteiger charge is -2.11. The molecule has 0 unspecified atom stereocenters. The van der Waals surface area contributed by atoms with Gasteiger partial charge in [-0.15, -0.1) is 0 Å². The second kappa shape index (κ2) is 4.74. The van der Waals surface area contributed by atoms with Crippen molar-refractivity contribution in [2.24, 2.45) is 0 Å². The molecular weight excluding hydrogens is 243 g/mol. The lowest BCUT2D eigenvalue weighted by atomic mass is 10.1. The highest BCUT2D eigenvalue weighted by atomic mass is 35.5. The first-order chi connectivity index (χ1) is 7.30. The number of hydrogen-bond donors (Lipinski definition) is 1. The summed E-state index contributed by atoms with van der Waals surface area (Å²) in [7, 11) is 0. The minimum absolute atomic E-state index is 0.0512. The number of hydrogen-bond acceptors (Lipinski definition) is 1. The Hall–Kier alpha value is -1.23. The largest absolute Gasteiger partial charge is 0.417 e. The van der Waals surface area contributed by atoms with Crippen molar-refractivity contribution in [3.8, 4) is 0 Å². The third kappa shape index (κ3) is 3.41. The molecule has 0 aliphatic carbocycles. The molecule has 0 atom stereocenters. The van der Waals surface area contributed by atoms with Crippen LogP contribution in [0.4, 0.5) is 13.2 Å². The van der Waals surface area contributed by atoms with E-state index < -0.39 is 11.7 Å². The molecule has 0 saturated carbocycles. The molecule has 88 valence electrons. The van der Waals surface area contributed by atoms with Crippen LogP contribution in [0.3, 0.4) is 0 Å². The summed E-state index contributed by atoms with van der Waals surface area (Å²) in [6.45, 7) is 1.34. The molecule has 0 spiro atoms. The van der Waals surface area contributed by atoms with Gasteiger partial charge in [-0.05, 0) is 17.7 Å². The van der Waals surface area contributed by atoms with Gasteiger partial charge in [-0.1, -0.05) is 17.7 Å². The molecule has 16 heavy (non-hydrogen) atoms. The molecule has 6 heteroatoms. The van der Waals surface area contributed by atoms with Crippen LogP contribution < -0.4 is 5.32 Å². The first-order valence-electron chi connectivity index (χ1n) is 4.41. The van der Waals surface area contributed by atoms with Gasteiger partial charge >= 0.3 is 6.18 Å². The van der Waals surface area contributed by atoms with E-state index in [1.807, 2.05) is 0 Å². The SMILES string of the molecule is CC(=O)NCc1ccc(Cl)c(C(F)(F)F)c1. The minimum atomic E-state index is -4.48. The van der Waals surface area contributed by atoms with Crippen LogP contribution in [0.1, 0.15) is 18.1 Å². The lowest BCUT2D eigenvalue weighted by molar-refractivity contribution is -0.137. The van der Waals surface area contributed by atoms with Gasteiger partial charge in [0.2, 0.25) is 5.91 Å². The molecule has 2 nitrogen and oxygen atoms in total. The zero-order valence-electron chi connectivity index (χ0n) is 8.36. The van der Waals surface area contributed by atoms with Gasteiger partial charge in [0.15, 0.2) is 0 Å². The van der Waals surface area contributed by atoms with Crippen LogP contribution in [0.5, 0.6) is 0 Å². The van der Waals surface area contributed by atoms with Gasteiger partial charge in [-0.25, -0.2) is 0 Å². The molecule has 1 aromatic rings. The minimum Gasteiger partial charge on any atom is -0.352 e. The van der Waals surface area contributed by atoms with Crippen molar-refractivity contribution in [2.45, 2.75) is 19.6 Å². The Bertz CT molecular complexity index is 404. The van der Waals surface area contributed by atoms with Crippen LogP contribution in [-0.4, -0.2) is 5.91 Å². The van der Waals surface area contributed by atoms with Gasteiger partial charge in [0.05, 0.1) is 10.6 Å². The van der Waals surface area contributed by atoms with Crippen molar-refractivity contribution >= 4 is 17.5 Å². The van der Waals surface area contributed by atoms with E-state index in [2.05, 4.69) is 5.32 Å². The monoisotopic (exact) mass is 251 g/mol. The molecule has 0 bridgehead atoms. The zero-order valence-corrected chi connectivity index (χ0v) is 9.12. The van der Waals surface area contributed by atoms with Crippen LogP contribution in [0, 0.1) is 0 Å². The maximum absolute atomic E-state index is 12.5. The van der Waals surface area contributed by atoms with Crippen molar-refractivity contribution in [3.63, 3.8) is 0 Å². The molecule has 0 aliphatic heterocycles. The van der Waals surface area contributed by atoms with Crippen LogP contribution >= 0.6 is 11.6 Å². The Morgan fingerprint density at radius 1 is 1.44 bits per heavy atom. The molecule has 1 amide bonds. The van der Waals surface area contributed by atoms with Gasteiger partial charge in [-0.3, -0.25) is 4.79 Å². The van der Waals surface area contributed by atoms with E-state index >= 15 is 0 Å². The summed E-state index contributed by atoms with van der Waals surface area (Å²) in [6.07, 6.45) is -4.48. The highest BCUT2D eigenvalue weighted by molar-refractivity contribution is 6.31. The fourth-order valence-corrected chi connectivity index (χ4v) is 1.35. The van der Waals surface area contributed by atoms with Gasteiger partial charge in [0, 0.05) is 13.5 Å². The Balaban J connectivity index is 2.94. The average Bonchev–Trinajstić information content (AvgIpc) is 2.14. The number of alkyl halides is 3. The summed E-state index contributed by atoms with van der Waals surface area (Å²) in [5.74, 6) is -0.302. The number of benzene rings is 1. The highest BCUT2D eigenvalue weighted by Gasteiger charge is 2.33. The Kier molecular flexibility index (Phi) is 3.80. The van der Waals surface area contributed by atoms with Crippen molar-refractivity contribution in [3.05, 3.63) is 34.3 Å². The maximum atomic E-state index is 12.5. The highest BCUT2D eigenvalue weighted by Crippen LogP contribution is 2.35. The normalized spacial score (nSPS) is 11.3. The molecule has 1 rings (SSSR count). The van der Waals surface area contributed by atoms with E-state index in [0.29, 0.717) is 5.56 Å². The third-order valence-electron chi connectivity index (χ3n) is 1.88. The Morgan fingerprint density at radius 3 is 2.56 bits per heavy atom. The fraction of sp³-hybridized carbons (Fsp3) is 0.300. The molecule has 0 saturated heterocycles. The summed E-state index contributed by atoms with van der Waals surface area (Å²) in [6, 6.07) is 3.54. The lowest BCUT2D eigenvalue weighted by Crippen LogP contribution is -2.19. The van der Waals surface area contributed by atoms with Gasteiger partial charge in [0.25, 0.3) is 0 Å². The molecule has 0 aliphatic rings. The quantitative estimate of drug-likeness (QED) is 0.860. The molecular formula is C10H9ClF3NO. The number of carbonyl (C=O) groups excluding carboxylic acids is 1. The maximum Gasteiger partial charge on any atom is 0.417 e. The number of halogens is 4. The summed E-state index contributed by atoms with van der Waals surface area (Å²) < 4.78 is 37.4. The summed E-state index contributed by atoms with van der Waals surface area (Å²) >= 11 is 5.44. The zero-order chi connectivity index (χ0) is 12.3. The summed E-state index contributed by atoms with van der Waals surface area (Å²) in [5.41, 5.74) is -0.538. The topological polar surface area (TPSA) is 29.1 Å². The number of carbonyl (C=O) groups is 1. The van der Waals surface area contributed by atoms with E-state index in [1.54, 1.807) is 0 Å². The summed E-state index contributed by atoms with van der Waals surface area (Å²) in [5, 5.41) is 2.06. The average molecular weight is 252 g/mol. The van der Waals surface area contributed by atoms with E-state index in [4.69, 9.17) is 11.6 Å². The second-order valence-corrected chi connectivity index (χ2v) is 3.63. The molecule has 0 fully saturated rings. The van der Waals surface area contributed by atoms with Crippen LogP contribution in [0.2, 0.25) is 5.02 Å². The van der Waals surface area contributed by atoms with E-state index in [1.165, 1.54) is 19.1 Å². The van der Waals surface area contributed by atoms with Crippen molar-refractivity contribution in [1.82, 2.24) is 5.32 Å². The van der Waals surface area contributed by atoms with Crippen molar-refractivity contribution in [1.29, 1.82) is 0 Å². The molecule has 0 heterocycles. The Morgan fingerprint density at radius 2 is 2.06 bits per heavy atom. The van der Waals surface area contributed by atoms with Gasteiger partial charge < -0.3 is 5.32 Å². The van der Waals surface area contributed by atoms with E-state index in [0.717, 1.165) is 6.07 Å². The molecule has 0 radical (unpaired) electrons. The summed E-state index contributed by atoms with van der Waals surface area (Å²) in [4.78, 5) is 10.6. The molecule has 1 aromatic carbocycles. The smallest absolute Gasteiger partial charge is 0.352 e. The second-order valence-electron chi connectivity index (χ2n) is 3.22. The third-order valence-corrected chi connectivity index (χ3v) is 2.21. The van der Waals surface area contributed by atoms with Crippen molar-refractivity contribution in [2.75, 3.05) is 0 Å². The molecule has 0 aromatic heterocycles. The fourth-order valence-electron chi connectivity index (χ4n) is 1.13. The van der Waals surface area contributed by atoms with E-state index in [-0.39, 0.29) is 17.5 Å². The van der Waals surface area contributed by atoms with Gasteiger partial charge in [-0.2, -0.15) is 13.2 Å². The van der Waals surface area contributed by atoms with Crippen molar-refractivity contribution < 1.29 is 18.0 Å². The van der Waals surface area contributed by atoms with Gasteiger partial charge in [0.1, 0.15) is 0 Å². The van der Waals surface area contributed by atoms with Crippen LogP contribution in [0.15, 0.2) is 18.2 Å². The predicted octanol–water partition coefficient (Wildman–Crippen LogP) is 2.99. The number of nitrogens with one attached hydrogen (secondary N) is 1. The first kappa shape index (κ1) is 12.8.